The molecule has 0 spiro atoms. The van der Waals surface area contributed by atoms with Crippen molar-refractivity contribution in [3.05, 3.63) is 34.9 Å². The molecule has 21 heavy (non-hydrogen) atoms. The molecular weight excluding hydrogens is 276 g/mol. The zero-order valence-electron chi connectivity index (χ0n) is 13.4. The van der Waals surface area contributed by atoms with Gasteiger partial charge in [-0.2, -0.15) is 0 Å². The lowest BCUT2D eigenvalue weighted by atomic mass is 9.89. The molecule has 0 saturated carbocycles. The highest BCUT2D eigenvalue weighted by Gasteiger charge is 2.41. The average Bonchev–Trinajstić information content (AvgIpc) is 3.00. The van der Waals surface area contributed by atoms with Crippen molar-refractivity contribution in [2.75, 3.05) is 11.5 Å². The molecule has 1 nitrogen and oxygen atoms in total. The zero-order valence-corrected chi connectivity index (χ0v) is 14.2. The minimum Gasteiger partial charge on any atom is -0.288 e. The maximum absolute atomic E-state index is 13.1. The fourth-order valence-electron chi connectivity index (χ4n) is 3.82. The highest BCUT2D eigenvalue weighted by atomic mass is 32.2. The zero-order chi connectivity index (χ0) is 14.8. The van der Waals surface area contributed by atoms with Crippen molar-refractivity contribution >= 4 is 16.7 Å². The van der Waals surface area contributed by atoms with Crippen molar-refractivity contribution in [3.8, 4) is 0 Å². The van der Waals surface area contributed by atoms with Gasteiger partial charge in [-0.15, -0.1) is 0 Å². The molecule has 0 N–H and O–H groups in total. The number of ketones is 1. The van der Waals surface area contributed by atoms with E-state index in [0.717, 1.165) is 12.0 Å². The largest absolute Gasteiger partial charge is 0.288 e. The first-order chi connectivity index (χ1) is 10.2. The van der Waals surface area contributed by atoms with E-state index >= 15 is 0 Å². The van der Waals surface area contributed by atoms with Gasteiger partial charge >= 0.3 is 0 Å². The molecule has 0 amide bonds. The smallest absolute Gasteiger partial charge is 0.215 e. The predicted molar refractivity (Wildman–Crippen MR) is 92.4 cm³/mol. The van der Waals surface area contributed by atoms with Gasteiger partial charge in [0, 0.05) is 11.5 Å². The first kappa shape index (κ1) is 15.1. The Morgan fingerprint density at radius 2 is 1.67 bits per heavy atom. The van der Waals surface area contributed by atoms with Crippen LogP contribution in [0.1, 0.15) is 61.0 Å². The normalized spacial score (nSPS) is 20.5. The first-order valence-corrected chi connectivity index (χ1v) is 10.1. The van der Waals surface area contributed by atoms with Crippen LogP contribution < -0.4 is 0 Å². The number of aryl methyl sites for hydroxylation is 2. The van der Waals surface area contributed by atoms with E-state index in [-0.39, 0.29) is 5.25 Å². The van der Waals surface area contributed by atoms with Gasteiger partial charge < -0.3 is 0 Å². The second-order valence-electron chi connectivity index (χ2n) is 6.87. The van der Waals surface area contributed by atoms with Crippen LogP contribution in [0.2, 0.25) is 0 Å². The van der Waals surface area contributed by atoms with Crippen LogP contribution in [-0.4, -0.2) is 22.5 Å². The lowest BCUT2D eigenvalue weighted by Crippen LogP contribution is -2.36. The number of hydrogen-bond acceptors (Lipinski definition) is 1. The molecule has 2 heteroatoms. The standard InChI is InChI=1S/C19H27OS/c1-14(2)19(21-11-5-6-12-21)18(20)17-10-9-15-7-3-4-8-16(15)13-17/h9-10,13-14,19H,3-8,11-12H2,1-2H3/q+1. The maximum Gasteiger partial charge on any atom is 0.215 e. The van der Waals surface area contributed by atoms with Crippen LogP contribution in [0, 0.1) is 5.92 Å². The third-order valence-electron chi connectivity index (χ3n) is 4.92. The summed E-state index contributed by atoms with van der Waals surface area (Å²) in [7, 11) is 0.323. The molecule has 1 aliphatic heterocycles. The van der Waals surface area contributed by atoms with E-state index in [4.69, 9.17) is 0 Å². The molecule has 1 unspecified atom stereocenters. The van der Waals surface area contributed by atoms with Crippen LogP contribution in [0.25, 0.3) is 0 Å². The Bertz CT molecular complexity index is 514. The maximum atomic E-state index is 13.1. The van der Waals surface area contributed by atoms with E-state index in [2.05, 4.69) is 32.0 Å². The summed E-state index contributed by atoms with van der Waals surface area (Å²) in [5.74, 6) is 3.44. The van der Waals surface area contributed by atoms with Gasteiger partial charge in [0.1, 0.15) is 11.5 Å². The molecule has 1 fully saturated rings. The minimum absolute atomic E-state index is 0.258. The quantitative estimate of drug-likeness (QED) is 0.602. The second kappa shape index (κ2) is 6.56. The second-order valence-corrected chi connectivity index (χ2v) is 9.27. The van der Waals surface area contributed by atoms with Crippen molar-refractivity contribution in [1.82, 2.24) is 0 Å². The van der Waals surface area contributed by atoms with Gasteiger partial charge in [0.05, 0.1) is 0 Å². The SMILES string of the molecule is CC(C)C(C(=O)c1ccc2c(c1)CCCC2)[S+]1CCCC1. The van der Waals surface area contributed by atoms with E-state index in [1.165, 1.54) is 54.7 Å². The van der Waals surface area contributed by atoms with Crippen LogP contribution in [-0.2, 0) is 23.7 Å². The Labute approximate surface area is 131 Å². The summed E-state index contributed by atoms with van der Waals surface area (Å²) in [6.45, 7) is 4.46. The van der Waals surface area contributed by atoms with Crippen LogP contribution in [0.4, 0.5) is 0 Å². The van der Waals surface area contributed by atoms with Crippen molar-refractivity contribution in [2.45, 2.75) is 57.6 Å². The lowest BCUT2D eigenvalue weighted by Gasteiger charge is -2.20. The molecule has 114 valence electrons. The fraction of sp³-hybridized carbons (Fsp3) is 0.632. The van der Waals surface area contributed by atoms with Crippen LogP contribution in [0.15, 0.2) is 18.2 Å². The Morgan fingerprint density at radius 3 is 2.33 bits per heavy atom. The van der Waals surface area contributed by atoms with E-state index in [0.29, 0.717) is 22.6 Å². The highest BCUT2D eigenvalue weighted by molar-refractivity contribution is 7.98. The summed E-state index contributed by atoms with van der Waals surface area (Å²) < 4.78 is 0. The van der Waals surface area contributed by atoms with Gasteiger partial charge in [-0.3, -0.25) is 4.79 Å². The molecule has 1 aromatic carbocycles. The van der Waals surface area contributed by atoms with Gasteiger partial charge in [-0.25, -0.2) is 0 Å². The minimum atomic E-state index is 0.258. The number of carbonyl (C=O) groups is 1. The van der Waals surface area contributed by atoms with Crippen LogP contribution in [0.5, 0.6) is 0 Å². The molecule has 0 aromatic heterocycles. The molecule has 1 saturated heterocycles. The summed E-state index contributed by atoms with van der Waals surface area (Å²) >= 11 is 0. The van der Waals surface area contributed by atoms with Gasteiger partial charge in [0.2, 0.25) is 5.78 Å². The predicted octanol–water partition coefficient (Wildman–Crippen LogP) is 4.18. The molecule has 1 aromatic rings. The fourth-order valence-corrected chi connectivity index (χ4v) is 6.89. The van der Waals surface area contributed by atoms with E-state index in [9.17, 15) is 4.79 Å². The first-order valence-electron chi connectivity index (χ1n) is 8.49. The average molecular weight is 303 g/mol. The third kappa shape index (κ3) is 3.21. The Balaban J connectivity index is 1.85. The summed E-state index contributed by atoms with van der Waals surface area (Å²) in [5, 5.41) is 0.258. The van der Waals surface area contributed by atoms with E-state index in [1.54, 1.807) is 0 Å². The van der Waals surface area contributed by atoms with Crippen molar-refractivity contribution in [3.63, 3.8) is 0 Å². The monoisotopic (exact) mass is 303 g/mol. The third-order valence-corrected chi connectivity index (χ3v) is 8.02. The van der Waals surface area contributed by atoms with Gasteiger partial charge in [0.15, 0.2) is 5.25 Å². The van der Waals surface area contributed by atoms with E-state index < -0.39 is 0 Å². The number of fused-ring (bicyclic) bond motifs is 1. The number of hydrogen-bond donors (Lipinski definition) is 0. The van der Waals surface area contributed by atoms with Crippen LogP contribution in [0.3, 0.4) is 0 Å². The molecule has 1 aliphatic carbocycles. The Hall–Kier alpha value is -0.760. The van der Waals surface area contributed by atoms with Crippen molar-refractivity contribution in [1.29, 1.82) is 0 Å². The van der Waals surface area contributed by atoms with Crippen molar-refractivity contribution < 1.29 is 4.79 Å². The van der Waals surface area contributed by atoms with Gasteiger partial charge in [0.25, 0.3) is 0 Å². The Morgan fingerprint density at radius 1 is 1.00 bits per heavy atom. The molecule has 1 heterocycles. The summed E-state index contributed by atoms with van der Waals surface area (Å²) in [5.41, 5.74) is 3.89. The summed E-state index contributed by atoms with van der Waals surface area (Å²) in [6, 6.07) is 6.53. The summed E-state index contributed by atoms with van der Waals surface area (Å²) in [4.78, 5) is 13.1. The molecule has 0 bridgehead atoms. The summed E-state index contributed by atoms with van der Waals surface area (Å²) in [6.07, 6.45) is 7.59. The van der Waals surface area contributed by atoms with Gasteiger partial charge in [-0.1, -0.05) is 26.0 Å². The highest BCUT2D eigenvalue weighted by Crippen LogP contribution is 2.28. The van der Waals surface area contributed by atoms with Crippen LogP contribution >= 0.6 is 0 Å². The topological polar surface area (TPSA) is 17.1 Å². The molecule has 0 radical (unpaired) electrons. The Kier molecular flexibility index (Phi) is 4.73. The number of carbonyl (C=O) groups excluding carboxylic acids is 1. The molecule has 2 aliphatic rings. The lowest BCUT2D eigenvalue weighted by molar-refractivity contribution is 0.0974. The number of Topliss-reactive ketones (excluding diaryl/α,β-unsaturated/α-hetero) is 1. The molecule has 1 atom stereocenters. The molecule has 3 rings (SSSR count). The van der Waals surface area contributed by atoms with Gasteiger partial charge in [-0.05, 0) is 66.6 Å². The van der Waals surface area contributed by atoms with E-state index in [1.807, 2.05) is 0 Å². The number of rotatable bonds is 4. The molecular formula is C19H27OS+. The van der Waals surface area contributed by atoms with Crippen molar-refractivity contribution in [2.24, 2.45) is 5.92 Å². The number of benzene rings is 1.